The van der Waals surface area contributed by atoms with Crippen LogP contribution in [0, 0.1) is 19.3 Å². The molecule has 0 aliphatic carbocycles. The Hall–Kier alpha value is -3.69. The Bertz CT molecular complexity index is 1160. The van der Waals surface area contributed by atoms with Crippen molar-refractivity contribution in [2.24, 2.45) is 0 Å². The molecule has 1 amide bonds. The Balaban J connectivity index is 1.65. The molecule has 0 radical (unpaired) electrons. The van der Waals surface area contributed by atoms with Crippen LogP contribution in [-0.2, 0) is 17.8 Å². The van der Waals surface area contributed by atoms with Gasteiger partial charge in [0.2, 0.25) is 0 Å². The lowest BCUT2D eigenvalue weighted by atomic mass is 9.97. The van der Waals surface area contributed by atoms with Gasteiger partial charge in [0, 0.05) is 55.8 Å². The molecule has 1 aromatic carbocycles. The van der Waals surface area contributed by atoms with Crippen molar-refractivity contribution in [1.82, 2.24) is 14.9 Å². The number of hydrogen-bond donors (Lipinski definition) is 2. The Morgan fingerprint density at radius 3 is 2.53 bits per heavy atom. The minimum atomic E-state index is -0.939. The third-order valence-electron chi connectivity index (χ3n) is 6.65. The van der Waals surface area contributed by atoms with E-state index in [1.54, 1.807) is 0 Å². The number of nitrogen functional groups attached to an aromatic ring is 1. The van der Waals surface area contributed by atoms with E-state index in [4.69, 9.17) is 15.9 Å². The summed E-state index contributed by atoms with van der Waals surface area (Å²) in [5, 5.41) is 7.92. The maximum atomic E-state index is 13.3. The highest BCUT2D eigenvalue weighted by molar-refractivity contribution is 5.95. The quantitative estimate of drug-likeness (QED) is 0.394. The second-order valence-corrected chi connectivity index (χ2v) is 8.63. The highest BCUT2D eigenvalue weighted by Crippen LogP contribution is 2.36. The number of aryl methyl sites for hydroxylation is 1. The monoisotopic (exact) mass is 467 g/mol. The molecular weight excluding hydrogens is 437 g/mol. The number of nitrogens with one attached hydrogen (secondary N) is 1. The van der Waals surface area contributed by atoms with Gasteiger partial charge < -0.3 is 30.6 Å². The maximum Gasteiger partial charge on any atom is 0.318 e. The summed E-state index contributed by atoms with van der Waals surface area (Å²) in [6, 6.07) is 2.18. The Morgan fingerprint density at radius 1 is 1.21 bits per heavy atom. The van der Waals surface area contributed by atoms with Crippen LogP contribution in [0.1, 0.15) is 27.9 Å². The summed E-state index contributed by atoms with van der Waals surface area (Å²) in [6.45, 7) is 10.3. The van der Waals surface area contributed by atoms with Crippen molar-refractivity contribution in [2.75, 3.05) is 55.4 Å². The van der Waals surface area contributed by atoms with Gasteiger partial charge in [-0.25, -0.2) is 4.39 Å². The molecule has 180 valence electrons. The number of nitrogens with zero attached hydrogens (tertiary/aromatic N) is 5. The van der Waals surface area contributed by atoms with Gasteiger partial charge in [0.05, 0.1) is 25.0 Å². The van der Waals surface area contributed by atoms with E-state index in [0.717, 1.165) is 40.4 Å². The van der Waals surface area contributed by atoms with Crippen molar-refractivity contribution in [3.05, 3.63) is 46.4 Å². The van der Waals surface area contributed by atoms with Crippen molar-refractivity contribution >= 4 is 29.3 Å². The average Bonchev–Trinajstić information content (AvgIpc) is 2.84. The van der Waals surface area contributed by atoms with Crippen molar-refractivity contribution in [2.45, 2.75) is 26.8 Å². The second kappa shape index (κ2) is 9.28. The lowest BCUT2D eigenvalue weighted by Gasteiger charge is -2.38. The first-order valence-corrected chi connectivity index (χ1v) is 11.2. The molecule has 3 heterocycles. The van der Waals surface area contributed by atoms with E-state index in [1.807, 2.05) is 19.9 Å². The minimum Gasteiger partial charge on any atom is -0.467 e. The first kappa shape index (κ1) is 23.5. The van der Waals surface area contributed by atoms with E-state index in [-0.39, 0.29) is 6.01 Å². The molecule has 0 saturated carbocycles. The van der Waals surface area contributed by atoms with Crippen LogP contribution in [0.4, 0.5) is 21.6 Å². The fourth-order valence-electron chi connectivity index (χ4n) is 4.73. The number of hydrogen-bond acceptors (Lipinski definition) is 8. The molecule has 0 unspecified atom stereocenters. The number of aromatic nitrogens is 2. The van der Waals surface area contributed by atoms with Gasteiger partial charge in [0.1, 0.15) is 5.82 Å². The van der Waals surface area contributed by atoms with E-state index < -0.39 is 11.7 Å². The molecule has 1 fully saturated rings. The number of piperazine rings is 1. The zero-order valence-electron chi connectivity index (χ0n) is 19.8. The number of amides is 1. The summed E-state index contributed by atoms with van der Waals surface area (Å²) in [4.78, 5) is 27.0. The van der Waals surface area contributed by atoms with Gasteiger partial charge in [0.15, 0.2) is 5.83 Å². The zero-order valence-corrected chi connectivity index (χ0v) is 19.8. The first-order chi connectivity index (χ1) is 16.2. The van der Waals surface area contributed by atoms with Crippen LogP contribution in [0.2, 0.25) is 0 Å². The van der Waals surface area contributed by atoms with Gasteiger partial charge in [0.25, 0.3) is 5.91 Å². The smallest absolute Gasteiger partial charge is 0.318 e. The van der Waals surface area contributed by atoms with Crippen LogP contribution < -0.4 is 20.3 Å². The molecule has 34 heavy (non-hydrogen) atoms. The number of benzene rings is 1. The molecule has 1 aromatic heterocycles. The van der Waals surface area contributed by atoms with Crippen LogP contribution >= 0.6 is 0 Å². The molecule has 2 aromatic rings. The summed E-state index contributed by atoms with van der Waals surface area (Å²) in [5.74, 6) is -0.807. The molecule has 4 rings (SSSR count). The zero-order chi connectivity index (χ0) is 24.6. The van der Waals surface area contributed by atoms with Gasteiger partial charge >= 0.3 is 6.01 Å². The molecule has 0 atom stereocenters. The van der Waals surface area contributed by atoms with E-state index in [1.165, 1.54) is 18.2 Å². The molecule has 2 aliphatic heterocycles. The third kappa shape index (κ3) is 4.15. The SMILES string of the molecule is C=C(F)C(=O)N1CCN(c2nc(OC)nc3c2CCN(c2c(C)c(C)cc(N)c2C=N)C3)CC1. The lowest BCUT2D eigenvalue weighted by molar-refractivity contribution is -0.128. The highest BCUT2D eigenvalue weighted by atomic mass is 19.1. The predicted molar refractivity (Wildman–Crippen MR) is 131 cm³/mol. The fraction of sp³-hybridized carbons (Fsp3) is 0.417. The minimum absolute atomic E-state index is 0.277. The summed E-state index contributed by atoms with van der Waals surface area (Å²) < 4.78 is 18.7. The number of carbonyl (C=O) groups is 1. The Labute approximate surface area is 198 Å². The Morgan fingerprint density at radius 2 is 1.91 bits per heavy atom. The fourth-order valence-corrected chi connectivity index (χ4v) is 4.73. The number of rotatable bonds is 5. The summed E-state index contributed by atoms with van der Waals surface area (Å²) in [7, 11) is 1.54. The molecule has 9 nitrogen and oxygen atoms in total. The third-order valence-corrected chi connectivity index (χ3v) is 6.65. The van der Waals surface area contributed by atoms with Gasteiger partial charge in [-0.3, -0.25) is 4.79 Å². The number of carbonyl (C=O) groups excluding carboxylic acids is 1. The molecule has 3 N–H and O–H groups in total. The first-order valence-electron chi connectivity index (χ1n) is 11.2. The number of halogens is 1. The molecule has 1 saturated heterocycles. The van der Waals surface area contributed by atoms with E-state index in [0.29, 0.717) is 50.4 Å². The van der Waals surface area contributed by atoms with Crippen LogP contribution in [0.15, 0.2) is 18.5 Å². The predicted octanol–water partition coefficient (Wildman–Crippen LogP) is 2.38. The largest absolute Gasteiger partial charge is 0.467 e. The van der Waals surface area contributed by atoms with Crippen LogP contribution in [0.25, 0.3) is 0 Å². The van der Waals surface area contributed by atoms with Gasteiger partial charge in [-0.2, -0.15) is 9.97 Å². The Kier molecular flexibility index (Phi) is 6.41. The summed E-state index contributed by atoms with van der Waals surface area (Å²) in [5.41, 5.74) is 12.6. The van der Waals surface area contributed by atoms with E-state index in [9.17, 15) is 9.18 Å². The summed E-state index contributed by atoms with van der Waals surface area (Å²) >= 11 is 0. The van der Waals surface area contributed by atoms with Crippen LogP contribution in [0.3, 0.4) is 0 Å². The van der Waals surface area contributed by atoms with Crippen LogP contribution in [0.5, 0.6) is 6.01 Å². The van der Waals surface area contributed by atoms with Crippen molar-refractivity contribution < 1.29 is 13.9 Å². The number of nitrogens with two attached hydrogens (primary N) is 1. The lowest BCUT2D eigenvalue weighted by Crippen LogP contribution is -2.49. The van der Waals surface area contributed by atoms with E-state index in [2.05, 4.69) is 26.3 Å². The van der Waals surface area contributed by atoms with E-state index >= 15 is 0 Å². The second-order valence-electron chi connectivity index (χ2n) is 8.63. The number of fused-ring (bicyclic) bond motifs is 1. The van der Waals surface area contributed by atoms with Crippen molar-refractivity contribution in [1.29, 1.82) is 5.41 Å². The molecule has 2 aliphatic rings. The highest BCUT2D eigenvalue weighted by Gasteiger charge is 2.30. The number of methoxy groups -OCH3 is 1. The average molecular weight is 468 g/mol. The molecule has 0 bridgehead atoms. The van der Waals surface area contributed by atoms with Crippen molar-refractivity contribution in [3.8, 4) is 6.01 Å². The number of anilines is 3. The number of ether oxygens (including phenoxy) is 1. The van der Waals surface area contributed by atoms with Crippen LogP contribution in [-0.4, -0.2) is 66.8 Å². The molecular formula is C24H30FN7O2. The molecule has 10 heteroatoms. The van der Waals surface area contributed by atoms with Crippen molar-refractivity contribution in [3.63, 3.8) is 0 Å². The summed E-state index contributed by atoms with van der Waals surface area (Å²) in [6.07, 6.45) is 2.02. The maximum absolute atomic E-state index is 13.3. The standard InChI is InChI=1S/C24H30FN7O2/c1-14-11-19(27)18(12-26)21(15(14)2)32-6-5-17-20(13-32)28-24(34-4)29-22(17)30-7-9-31(10-8-30)23(33)16(3)25/h11-12,26H,3,5-10,13,27H2,1-2,4H3. The van der Waals surface area contributed by atoms with Gasteiger partial charge in [-0.05, 0) is 37.5 Å². The van der Waals surface area contributed by atoms with Gasteiger partial charge in [-0.15, -0.1) is 0 Å². The van der Waals surface area contributed by atoms with Gasteiger partial charge in [-0.1, -0.05) is 6.58 Å². The normalized spacial score (nSPS) is 15.7. The molecule has 0 spiro atoms. The topological polar surface area (TPSA) is 112 Å².